The quantitative estimate of drug-likeness (QED) is 0.459. The second-order valence-corrected chi connectivity index (χ2v) is 9.58. The molecule has 156 valence electrons. The number of morpholine rings is 1. The van der Waals surface area contributed by atoms with Crippen LogP contribution < -0.4 is 4.90 Å². The Kier molecular flexibility index (Phi) is 8.15. The molecule has 4 rings (SSSR count). The third-order valence-electron chi connectivity index (χ3n) is 4.58. The zero-order valence-electron chi connectivity index (χ0n) is 15.5. The standard InChI is InChI=1S/C19H19Cl2N3O2S2.ClH/c20-13-3-1-4-14-17(13)22-19(28-14)24(18(25)15-5-6-16(21)27-15)8-2-7-23-9-11-26-12-10-23;/h1,3-6H,2,7-12H2;1H. The number of amides is 1. The van der Waals surface area contributed by atoms with Gasteiger partial charge < -0.3 is 4.74 Å². The van der Waals surface area contributed by atoms with Crippen LogP contribution >= 0.6 is 58.3 Å². The summed E-state index contributed by atoms with van der Waals surface area (Å²) in [6, 6.07) is 9.21. The SMILES string of the molecule is Cl.O=C(c1ccc(Cl)s1)N(CCCN1CCOCC1)c1nc2c(Cl)cccc2s1. The predicted octanol–water partition coefficient (Wildman–Crippen LogP) is 5.46. The van der Waals surface area contributed by atoms with E-state index in [2.05, 4.69) is 9.88 Å². The first kappa shape index (κ1) is 22.7. The van der Waals surface area contributed by atoms with Crippen molar-refractivity contribution in [2.45, 2.75) is 6.42 Å². The zero-order valence-corrected chi connectivity index (χ0v) is 19.4. The van der Waals surface area contributed by atoms with Gasteiger partial charge in [0.15, 0.2) is 5.13 Å². The van der Waals surface area contributed by atoms with Gasteiger partial charge in [0.1, 0.15) is 5.52 Å². The topological polar surface area (TPSA) is 45.7 Å². The van der Waals surface area contributed by atoms with Crippen molar-refractivity contribution < 1.29 is 9.53 Å². The number of thiazole rings is 1. The Bertz CT molecular complexity index is 973. The molecule has 0 spiro atoms. The summed E-state index contributed by atoms with van der Waals surface area (Å²) in [4.78, 5) is 22.6. The molecule has 0 saturated carbocycles. The summed E-state index contributed by atoms with van der Waals surface area (Å²) < 4.78 is 6.97. The lowest BCUT2D eigenvalue weighted by Gasteiger charge is -2.27. The first-order chi connectivity index (χ1) is 13.6. The Morgan fingerprint density at radius 2 is 1.97 bits per heavy atom. The van der Waals surface area contributed by atoms with E-state index in [9.17, 15) is 4.79 Å². The highest BCUT2D eigenvalue weighted by molar-refractivity contribution is 7.22. The number of para-hydroxylation sites is 1. The molecule has 1 amide bonds. The maximum Gasteiger partial charge on any atom is 0.270 e. The number of hydrogen-bond donors (Lipinski definition) is 0. The predicted molar refractivity (Wildman–Crippen MR) is 125 cm³/mol. The number of halogens is 3. The Morgan fingerprint density at radius 1 is 1.17 bits per heavy atom. The molecular weight excluding hydrogens is 473 g/mol. The van der Waals surface area contributed by atoms with Crippen LogP contribution in [0.1, 0.15) is 16.1 Å². The molecule has 0 unspecified atom stereocenters. The van der Waals surface area contributed by atoms with Crippen LogP contribution in [0.25, 0.3) is 10.2 Å². The van der Waals surface area contributed by atoms with Gasteiger partial charge in [-0.2, -0.15) is 0 Å². The third-order valence-corrected chi connectivity index (χ3v) is 7.15. The van der Waals surface area contributed by atoms with Gasteiger partial charge in [0.2, 0.25) is 0 Å². The first-order valence-corrected chi connectivity index (χ1v) is 11.4. The van der Waals surface area contributed by atoms with Crippen molar-refractivity contribution in [1.82, 2.24) is 9.88 Å². The normalized spacial score (nSPS) is 14.7. The van der Waals surface area contributed by atoms with Crippen LogP contribution in [0.5, 0.6) is 0 Å². The van der Waals surface area contributed by atoms with Crippen LogP contribution in [-0.2, 0) is 4.74 Å². The monoisotopic (exact) mass is 491 g/mol. The molecule has 10 heteroatoms. The van der Waals surface area contributed by atoms with Gasteiger partial charge in [0, 0.05) is 26.2 Å². The molecule has 0 N–H and O–H groups in total. The molecule has 0 aliphatic carbocycles. The van der Waals surface area contributed by atoms with Crippen LogP contribution in [-0.4, -0.2) is 55.2 Å². The minimum atomic E-state index is -0.0749. The van der Waals surface area contributed by atoms with Gasteiger partial charge in [-0.1, -0.05) is 40.6 Å². The number of anilines is 1. The van der Waals surface area contributed by atoms with Gasteiger partial charge in [-0.15, -0.1) is 23.7 Å². The molecule has 1 aliphatic heterocycles. The molecule has 3 heterocycles. The summed E-state index contributed by atoms with van der Waals surface area (Å²) in [5.74, 6) is -0.0749. The van der Waals surface area contributed by atoms with Crippen LogP contribution in [0.3, 0.4) is 0 Å². The summed E-state index contributed by atoms with van der Waals surface area (Å²) in [7, 11) is 0. The smallest absolute Gasteiger partial charge is 0.270 e. The van der Waals surface area contributed by atoms with E-state index >= 15 is 0 Å². The minimum absolute atomic E-state index is 0. The molecule has 3 aromatic rings. The zero-order chi connectivity index (χ0) is 19.5. The number of ether oxygens (including phenoxy) is 1. The van der Waals surface area contributed by atoms with Gasteiger partial charge in [0.05, 0.1) is 32.1 Å². The van der Waals surface area contributed by atoms with Crippen molar-refractivity contribution in [3.8, 4) is 0 Å². The molecule has 1 aromatic carbocycles. The van der Waals surface area contributed by atoms with Crippen LogP contribution in [0.4, 0.5) is 5.13 Å². The van der Waals surface area contributed by atoms with E-state index in [-0.39, 0.29) is 18.3 Å². The van der Waals surface area contributed by atoms with E-state index in [1.165, 1.54) is 22.7 Å². The number of aromatic nitrogens is 1. The lowest BCUT2D eigenvalue weighted by molar-refractivity contribution is 0.0376. The Balaban J connectivity index is 0.00000240. The number of thiophene rings is 1. The first-order valence-electron chi connectivity index (χ1n) is 9.04. The van der Waals surface area contributed by atoms with E-state index in [1.54, 1.807) is 17.0 Å². The maximum atomic E-state index is 13.2. The largest absolute Gasteiger partial charge is 0.379 e. The number of nitrogens with zero attached hydrogens (tertiary/aromatic N) is 3. The van der Waals surface area contributed by atoms with E-state index in [0.717, 1.165) is 49.5 Å². The van der Waals surface area contributed by atoms with Crippen LogP contribution in [0, 0.1) is 0 Å². The number of benzene rings is 1. The Hall–Kier alpha value is -0.930. The molecule has 29 heavy (non-hydrogen) atoms. The molecule has 0 atom stereocenters. The minimum Gasteiger partial charge on any atom is -0.379 e. The molecule has 0 bridgehead atoms. The van der Waals surface area contributed by atoms with E-state index in [1.807, 2.05) is 18.2 Å². The van der Waals surface area contributed by atoms with Crippen LogP contribution in [0.15, 0.2) is 30.3 Å². The lowest BCUT2D eigenvalue weighted by atomic mass is 10.3. The van der Waals surface area contributed by atoms with Crippen molar-refractivity contribution in [3.05, 3.63) is 44.6 Å². The van der Waals surface area contributed by atoms with E-state index in [4.69, 9.17) is 27.9 Å². The highest BCUT2D eigenvalue weighted by Crippen LogP contribution is 2.34. The van der Waals surface area contributed by atoms with Gasteiger partial charge in [0.25, 0.3) is 5.91 Å². The number of carbonyl (C=O) groups is 1. The summed E-state index contributed by atoms with van der Waals surface area (Å²) in [5.41, 5.74) is 0.736. The van der Waals surface area contributed by atoms with E-state index < -0.39 is 0 Å². The summed E-state index contributed by atoms with van der Waals surface area (Å²) >= 11 is 15.1. The molecule has 1 aliphatic rings. The molecule has 2 aromatic heterocycles. The number of rotatable bonds is 6. The second kappa shape index (κ2) is 10.4. The Morgan fingerprint density at radius 3 is 2.66 bits per heavy atom. The average molecular weight is 493 g/mol. The fourth-order valence-electron chi connectivity index (χ4n) is 3.14. The third kappa shape index (κ3) is 5.41. The average Bonchev–Trinajstić information content (AvgIpc) is 3.33. The van der Waals surface area contributed by atoms with Crippen molar-refractivity contribution >= 4 is 79.5 Å². The Labute approximate surface area is 193 Å². The number of fused-ring (bicyclic) bond motifs is 1. The maximum absolute atomic E-state index is 13.2. The second-order valence-electron chi connectivity index (χ2n) is 6.45. The molecule has 0 radical (unpaired) electrons. The molecule has 5 nitrogen and oxygen atoms in total. The van der Waals surface area contributed by atoms with Crippen molar-refractivity contribution in [3.63, 3.8) is 0 Å². The highest BCUT2D eigenvalue weighted by atomic mass is 35.5. The molecule has 1 fully saturated rings. The van der Waals surface area contributed by atoms with Crippen molar-refractivity contribution in [2.75, 3.05) is 44.3 Å². The van der Waals surface area contributed by atoms with Crippen LogP contribution in [0.2, 0.25) is 9.36 Å². The fraction of sp³-hybridized carbons (Fsp3) is 0.368. The number of carbonyl (C=O) groups excluding carboxylic acids is 1. The summed E-state index contributed by atoms with van der Waals surface area (Å²) in [5, 5.41) is 1.26. The fourth-order valence-corrected chi connectivity index (χ4v) is 5.42. The molecule has 1 saturated heterocycles. The lowest BCUT2D eigenvalue weighted by Crippen LogP contribution is -2.39. The summed E-state index contributed by atoms with van der Waals surface area (Å²) in [6.07, 6.45) is 0.856. The van der Waals surface area contributed by atoms with Gasteiger partial charge in [-0.3, -0.25) is 14.6 Å². The number of hydrogen-bond acceptors (Lipinski definition) is 6. The van der Waals surface area contributed by atoms with Gasteiger partial charge in [-0.05, 0) is 30.7 Å². The van der Waals surface area contributed by atoms with Gasteiger partial charge >= 0.3 is 0 Å². The van der Waals surface area contributed by atoms with E-state index in [0.29, 0.717) is 25.9 Å². The van der Waals surface area contributed by atoms with Crippen molar-refractivity contribution in [1.29, 1.82) is 0 Å². The van der Waals surface area contributed by atoms with Gasteiger partial charge in [-0.25, -0.2) is 4.98 Å². The van der Waals surface area contributed by atoms with Crippen molar-refractivity contribution in [2.24, 2.45) is 0 Å². The molecular formula is C19H20Cl3N3O2S2. The highest BCUT2D eigenvalue weighted by Gasteiger charge is 2.23. The summed E-state index contributed by atoms with van der Waals surface area (Å²) in [6.45, 7) is 4.92.